The van der Waals surface area contributed by atoms with E-state index in [0.717, 1.165) is 25.2 Å². The summed E-state index contributed by atoms with van der Waals surface area (Å²) in [5, 5.41) is 0. The van der Waals surface area contributed by atoms with Crippen molar-refractivity contribution < 1.29 is 4.79 Å². The summed E-state index contributed by atoms with van der Waals surface area (Å²) in [6, 6.07) is 0. The summed E-state index contributed by atoms with van der Waals surface area (Å²) in [6.45, 7) is 2.45. The number of fused-ring (bicyclic) bond motifs is 3. The molecule has 0 aromatic rings. The van der Waals surface area contributed by atoms with Gasteiger partial charge in [0.05, 0.1) is 0 Å². The Hall–Kier alpha value is -0.850. The van der Waals surface area contributed by atoms with Crippen LogP contribution in [0.4, 0.5) is 0 Å². The van der Waals surface area contributed by atoms with E-state index in [1.165, 1.54) is 24.8 Å². The Kier molecular flexibility index (Phi) is 2.31. The zero-order valence-electron chi connectivity index (χ0n) is 10.0. The summed E-state index contributed by atoms with van der Waals surface area (Å²) < 4.78 is 0. The predicted molar refractivity (Wildman–Crippen MR) is 65.0 cm³/mol. The minimum Gasteiger partial charge on any atom is -0.295 e. The zero-order chi connectivity index (χ0) is 11.2. The van der Waals surface area contributed by atoms with Gasteiger partial charge in [-0.25, -0.2) is 0 Å². The van der Waals surface area contributed by atoms with Crippen molar-refractivity contribution in [2.45, 2.75) is 45.4 Å². The lowest BCUT2D eigenvalue weighted by atomic mass is 9.55. The predicted octanol–water partition coefficient (Wildman–Crippen LogP) is 3.66. The lowest BCUT2D eigenvalue weighted by Crippen LogP contribution is -2.40. The standard InChI is InChI=1S/C15H20O/c1-15-8-3-2-4-14(15)13-6-5-12(16)10-11(13)7-9-15/h2-3,10,13-14H,4-9H2,1H3/t13-,14+,15+/m0/s1. The van der Waals surface area contributed by atoms with Crippen LogP contribution in [0.2, 0.25) is 0 Å². The molecule has 0 heterocycles. The van der Waals surface area contributed by atoms with Gasteiger partial charge < -0.3 is 0 Å². The van der Waals surface area contributed by atoms with Gasteiger partial charge >= 0.3 is 0 Å². The van der Waals surface area contributed by atoms with Crippen LogP contribution in [0.15, 0.2) is 23.8 Å². The van der Waals surface area contributed by atoms with Crippen LogP contribution in [-0.2, 0) is 4.79 Å². The van der Waals surface area contributed by atoms with E-state index in [1.807, 2.05) is 6.08 Å². The van der Waals surface area contributed by atoms with Crippen molar-refractivity contribution in [3.8, 4) is 0 Å². The average molecular weight is 216 g/mol. The molecule has 0 N–H and O–H groups in total. The first-order chi connectivity index (χ1) is 7.69. The van der Waals surface area contributed by atoms with Crippen molar-refractivity contribution >= 4 is 5.78 Å². The number of ketones is 1. The van der Waals surface area contributed by atoms with Gasteiger partial charge in [0.1, 0.15) is 0 Å². The molecule has 1 nitrogen and oxygen atoms in total. The summed E-state index contributed by atoms with van der Waals surface area (Å²) in [5.41, 5.74) is 1.98. The molecule has 0 saturated heterocycles. The molecule has 3 atom stereocenters. The molecular weight excluding hydrogens is 196 g/mol. The van der Waals surface area contributed by atoms with Crippen LogP contribution in [-0.4, -0.2) is 5.78 Å². The van der Waals surface area contributed by atoms with Crippen molar-refractivity contribution in [1.82, 2.24) is 0 Å². The van der Waals surface area contributed by atoms with Crippen LogP contribution in [0, 0.1) is 17.3 Å². The Labute approximate surface area is 97.6 Å². The van der Waals surface area contributed by atoms with Gasteiger partial charge in [-0.05, 0) is 55.4 Å². The lowest BCUT2D eigenvalue weighted by Gasteiger charge is -2.49. The van der Waals surface area contributed by atoms with Crippen LogP contribution in [0.3, 0.4) is 0 Å². The highest BCUT2D eigenvalue weighted by atomic mass is 16.1. The fourth-order valence-corrected chi connectivity index (χ4v) is 3.98. The second-order valence-electron chi connectivity index (χ2n) is 6.00. The molecule has 0 aromatic heterocycles. The maximum atomic E-state index is 11.5. The van der Waals surface area contributed by atoms with Crippen LogP contribution in [0.5, 0.6) is 0 Å². The van der Waals surface area contributed by atoms with E-state index in [2.05, 4.69) is 19.1 Å². The van der Waals surface area contributed by atoms with E-state index in [9.17, 15) is 4.79 Å². The fourth-order valence-electron chi connectivity index (χ4n) is 3.98. The number of hydrogen-bond acceptors (Lipinski definition) is 1. The minimum absolute atomic E-state index is 0.362. The number of rotatable bonds is 0. The molecule has 0 bridgehead atoms. The molecule has 16 heavy (non-hydrogen) atoms. The number of allylic oxidation sites excluding steroid dienone is 4. The van der Waals surface area contributed by atoms with Crippen molar-refractivity contribution in [3.05, 3.63) is 23.8 Å². The molecular formula is C15H20O. The van der Waals surface area contributed by atoms with Gasteiger partial charge in [0.15, 0.2) is 5.78 Å². The third-order valence-corrected chi connectivity index (χ3v) is 5.03. The second kappa shape index (κ2) is 3.58. The van der Waals surface area contributed by atoms with E-state index >= 15 is 0 Å². The Morgan fingerprint density at radius 1 is 1.31 bits per heavy atom. The number of hydrogen-bond donors (Lipinski definition) is 0. The molecule has 3 rings (SSSR count). The molecule has 86 valence electrons. The summed E-state index contributed by atoms with van der Waals surface area (Å²) in [4.78, 5) is 11.5. The van der Waals surface area contributed by atoms with Gasteiger partial charge in [0, 0.05) is 6.42 Å². The van der Waals surface area contributed by atoms with E-state index in [0.29, 0.717) is 17.1 Å². The third-order valence-electron chi connectivity index (χ3n) is 5.03. The summed E-state index contributed by atoms with van der Waals surface area (Å²) in [5.74, 6) is 1.87. The van der Waals surface area contributed by atoms with Crippen molar-refractivity contribution in [1.29, 1.82) is 0 Å². The zero-order valence-corrected chi connectivity index (χ0v) is 10.0. The van der Waals surface area contributed by atoms with Crippen molar-refractivity contribution in [2.75, 3.05) is 0 Å². The van der Waals surface area contributed by atoms with Crippen LogP contribution >= 0.6 is 0 Å². The van der Waals surface area contributed by atoms with E-state index in [-0.39, 0.29) is 0 Å². The smallest absolute Gasteiger partial charge is 0.155 e. The van der Waals surface area contributed by atoms with Crippen molar-refractivity contribution in [2.24, 2.45) is 17.3 Å². The molecule has 1 fully saturated rings. The summed E-state index contributed by atoms with van der Waals surface area (Å²) in [7, 11) is 0. The van der Waals surface area contributed by atoms with E-state index in [1.54, 1.807) is 0 Å². The highest BCUT2D eigenvalue weighted by Crippen LogP contribution is 2.54. The summed E-state index contributed by atoms with van der Waals surface area (Å²) >= 11 is 0. The lowest BCUT2D eigenvalue weighted by molar-refractivity contribution is -0.115. The Bertz CT molecular complexity index is 377. The molecule has 1 heteroatoms. The van der Waals surface area contributed by atoms with E-state index < -0.39 is 0 Å². The van der Waals surface area contributed by atoms with E-state index in [4.69, 9.17) is 0 Å². The molecule has 0 spiro atoms. The first kappa shape index (κ1) is 10.3. The largest absolute Gasteiger partial charge is 0.295 e. The number of carbonyl (C=O) groups is 1. The monoisotopic (exact) mass is 216 g/mol. The average Bonchev–Trinajstić information content (AvgIpc) is 2.28. The molecule has 0 radical (unpaired) electrons. The Morgan fingerprint density at radius 2 is 2.19 bits per heavy atom. The van der Waals surface area contributed by atoms with Crippen LogP contribution in [0.25, 0.3) is 0 Å². The van der Waals surface area contributed by atoms with Gasteiger partial charge in [0.25, 0.3) is 0 Å². The molecule has 0 amide bonds. The Morgan fingerprint density at radius 3 is 3.06 bits per heavy atom. The molecule has 0 aliphatic heterocycles. The maximum absolute atomic E-state index is 11.5. The molecule has 1 saturated carbocycles. The highest BCUT2D eigenvalue weighted by Gasteiger charge is 2.44. The summed E-state index contributed by atoms with van der Waals surface area (Å²) in [6.07, 6.45) is 13.5. The molecule has 0 aromatic carbocycles. The normalized spacial score (nSPS) is 42.3. The van der Waals surface area contributed by atoms with Gasteiger partial charge in [-0.1, -0.05) is 24.6 Å². The fraction of sp³-hybridized carbons (Fsp3) is 0.667. The first-order valence-corrected chi connectivity index (χ1v) is 6.57. The minimum atomic E-state index is 0.362. The van der Waals surface area contributed by atoms with Crippen LogP contribution in [0.1, 0.15) is 45.4 Å². The third kappa shape index (κ3) is 1.49. The Balaban J connectivity index is 1.94. The maximum Gasteiger partial charge on any atom is 0.155 e. The topological polar surface area (TPSA) is 17.1 Å². The molecule has 3 aliphatic carbocycles. The molecule has 3 aliphatic rings. The quantitative estimate of drug-likeness (QED) is 0.565. The highest BCUT2D eigenvalue weighted by molar-refractivity contribution is 5.91. The van der Waals surface area contributed by atoms with Gasteiger partial charge in [-0.3, -0.25) is 4.79 Å². The van der Waals surface area contributed by atoms with Crippen LogP contribution < -0.4 is 0 Å². The molecule has 0 unspecified atom stereocenters. The van der Waals surface area contributed by atoms with Gasteiger partial charge in [-0.2, -0.15) is 0 Å². The van der Waals surface area contributed by atoms with Gasteiger partial charge in [-0.15, -0.1) is 0 Å². The van der Waals surface area contributed by atoms with Gasteiger partial charge in [0.2, 0.25) is 0 Å². The van der Waals surface area contributed by atoms with Crippen molar-refractivity contribution in [3.63, 3.8) is 0 Å². The second-order valence-corrected chi connectivity index (χ2v) is 6.00. The SMILES string of the molecule is C[C@]12CC=CC[C@@H]1[C@H]1CCC(=O)C=C1CC2. The number of carbonyl (C=O) groups excluding carboxylic acids is 1. The first-order valence-electron chi connectivity index (χ1n) is 6.57.